The number of carbonyl (C=O) groups excluding carboxylic acids is 1. The lowest BCUT2D eigenvalue weighted by molar-refractivity contribution is 0.0950. The first-order valence-electron chi connectivity index (χ1n) is 8.24. The van der Waals surface area contributed by atoms with Crippen molar-refractivity contribution in [2.75, 3.05) is 17.8 Å². The van der Waals surface area contributed by atoms with Crippen molar-refractivity contribution in [1.29, 1.82) is 0 Å². The number of nitrogens with one attached hydrogen (secondary N) is 3. The molecule has 2 aromatic carbocycles. The normalized spacial score (nSPS) is 17.2. The highest BCUT2D eigenvalue weighted by molar-refractivity contribution is 7.92. The van der Waals surface area contributed by atoms with Gasteiger partial charge in [-0.2, -0.15) is 0 Å². The number of carbonyl (C=O) groups is 1. The van der Waals surface area contributed by atoms with Gasteiger partial charge >= 0.3 is 0 Å². The summed E-state index contributed by atoms with van der Waals surface area (Å²) in [6.07, 6.45) is 2.18. The van der Waals surface area contributed by atoms with E-state index >= 15 is 0 Å². The monoisotopic (exact) mass is 359 g/mol. The summed E-state index contributed by atoms with van der Waals surface area (Å²) in [6, 6.07) is 14.9. The number of anilines is 1. The summed E-state index contributed by atoms with van der Waals surface area (Å²) in [5.41, 5.74) is 0.779. The quantitative estimate of drug-likeness (QED) is 0.736. The first-order chi connectivity index (χ1) is 12.0. The molecule has 6 nitrogen and oxygen atoms in total. The number of benzene rings is 2. The molecule has 0 aliphatic carbocycles. The van der Waals surface area contributed by atoms with Gasteiger partial charge in [0.1, 0.15) is 0 Å². The summed E-state index contributed by atoms with van der Waals surface area (Å²) in [5.74, 6) is -0.213. The van der Waals surface area contributed by atoms with Gasteiger partial charge in [0.05, 0.1) is 4.90 Å². The number of rotatable bonds is 6. The third-order valence-corrected chi connectivity index (χ3v) is 5.50. The van der Waals surface area contributed by atoms with Crippen molar-refractivity contribution < 1.29 is 13.2 Å². The van der Waals surface area contributed by atoms with E-state index in [0.717, 1.165) is 19.4 Å². The van der Waals surface area contributed by atoms with Gasteiger partial charge in [0.15, 0.2) is 0 Å². The van der Waals surface area contributed by atoms with Gasteiger partial charge in [0.2, 0.25) is 0 Å². The fraction of sp³-hybridized carbons (Fsp3) is 0.278. The zero-order chi connectivity index (χ0) is 17.7. The molecule has 1 heterocycles. The molecule has 1 amide bonds. The molecule has 1 saturated heterocycles. The third-order valence-electron chi connectivity index (χ3n) is 4.10. The Morgan fingerprint density at radius 3 is 2.64 bits per heavy atom. The molecule has 0 spiro atoms. The second-order valence-electron chi connectivity index (χ2n) is 6.00. The molecule has 1 aliphatic heterocycles. The first kappa shape index (κ1) is 17.4. The SMILES string of the molecule is O=C(NCC1CCCN1)c1cccc(NS(=O)(=O)c2ccccc2)c1. The van der Waals surface area contributed by atoms with Crippen LogP contribution in [0.15, 0.2) is 59.5 Å². The van der Waals surface area contributed by atoms with E-state index < -0.39 is 10.0 Å². The van der Waals surface area contributed by atoms with Gasteiger partial charge in [0.25, 0.3) is 15.9 Å². The van der Waals surface area contributed by atoms with Gasteiger partial charge in [-0.05, 0) is 49.7 Å². The summed E-state index contributed by atoms with van der Waals surface area (Å²) in [5, 5.41) is 6.20. The van der Waals surface area contributed by atoms with Crippen LogP contribution in [0.4, 0.5) is 5.69 Å². The number of hydrogen-bond acceptors (Lipinski definition) is 4. The maximum Gasteiger partial charge on any atom is 0.261 e. The molecule has 7 heteroatoms. The fourth-order valence-corrected chi connectivity index (χ4v) is 3.86. The van der Waals surface area contributed by atoms with Crippen LogP contribution < -0.4 is 15.4 Å². The van der Waals surface area contributed by atoms with Crippen molar-refractivity contribution >= 4 is 21.6 Å². The maximum atomic E-state index is 12.4. The minimum Gasteiger partial charge on any atom is -0.350 e. The predicted molar refractivity (Wildman–Crippen MR) is 97.1 cm³/mol. The Morgan fingerprint density at radius 1 is 1.12 bits per heavy atom. The summed E-state index contributed by atoms with van der Waals surface area (Å²) < 4.78 is 27.2. The smallest absolute Gasteiger partial charge is 0.261 e. The molecule has 132 valence electrons. The van der Waals surface area contributed by atoms with Crippen LogP contribution in [0.2, 0.25) is 0 Å². The maximum absolute atomic E-state index is 12.4. The third kappa shape index (κ3) is 4.58. The molecular formula is C18H21N3O3S. The van der Waals surface area contributed by atoms with Crippen LogP contribution >= 0.6 is 0 Å². The van der Waals surface area contributed by atoms with Crippen molar-refractivity contribution in [3.8, 4) is 0 Å². The van der Waals surface area contributed by atoms with Crippen molar-refractivity contribution in [3.63, 3.8) is 0 Å². The Morgan fingerprint density at radius 2 is 1.92 bits per heavy atom. The van der Waals surface area contributed by atoms with E-state index in [2.05, 4.69) is 15.4 Å². The Bertz CT molecular complexity index is 832. The summed E-state index contributed by atoms with van der Waals surface area (Å²) >= 11 is 0. The largest absolute Gasteiger partial charge is 0.350 e. The van der Waals surface area contributed by atoms with Gasteiger partial charge in [-0.25, -0.2) is 8.42 Å². The Kier molecular flexibility index (Phi) is 5.35. The van der Waals surface area contributed by atoms with Gasteiger partial charge in [0, 0.05) is 23.8 Å². The molecule has 3 rings (SSSR count). The van der Waals surface area contributed by atoms with Crippen LogP contribution in [-0.2, 0) is 10.0 Å². The lowest BCUT2D eigenvalue weighted by Crippen LogP contribution is -2.37. The van der Waals surface area contributed by atoms with Crippen LogP contribution in [0.25, 0.3) is 0 Å². The topological polar surface area (TPSA) is 87.3 Å². The van der Waals surface area contributed by atoms with Crippen LogP contribution in [0.5, 0.6) is 0 Å². The molecule has 1 unspecified atom stereocenters. The van der Waals surface area contributed by atoms with E-state index in [-0.39, 0.29) is 10.8 Å². The molecule has 1 atom stereocenters. The van der Waals surface area contributed by atoms with Crippen molar-refractivity contribution in [1.82, 2.24) is 10.6 Å². The van der Waals surface area contributed by atoms with E-state index in [9.17, 15) is 13.2 Å². The zero-order valence-corrected chi connectivity index (χ0v) is 14.6. The van der Waals surface area contributed by atoms with Crippen LogP contribution in [-0.4, -0.2) is 33.5 Å². The minimum absolute atomic E-state index is 0.178. The first-order valence-corrected chi connectivity index (χ1v) is 9.72. The lowest BCUT2D eigenvalue weighted by atomic mass is 10.2. The molecule has 1 fully saturated rings. The second kappa shape index (κ2) is 7.67. The average Bonchev–Trinajstić information content (AvgIpc) is 3.14. The van der Waals surface area contributed by atoms with Crippen molar-refractivity contribution in [3.05, 3.63) is 60.2 Å². The molecule has 0 bridgehead atoms. The Balaban J connectivity index is 1.67. The van der Waals surface area contributed by atoms with E-state index in [0.29, 0.717) is 23.8 Å². The second-order valence-corrected chi connectivity index (χ2v) is 7.69. The highest BCUT2D eigenvalue weighted by atomic mass is 32.2. The Labute approximate surface area is 147 Å². The van der Waals surface area contributed by atoms with E-state index in [4.69, 9.17) is 0 Å². The van der Waals surface area contributed by atoms with Gasteiger partial charge < -0.3 is 10.6 Å². The molecule has 3 N–H and O–H groups in total. The number of sulfonamides is 1. The molecule has 0 radical (unpaired) electrons. The molecule has 2 aromatic rings. The Hall–Kier alpha value is -2.38. The highest BCUT2D eigenvalue weighted by Crippen LogP contribution is 2.17. The number of hydrogen-bond donors (Lipinski definition) is 3. The summed E-state index contributed by atoms with van der Waals surface area (Å²) in [4.78, 5) is 12.5. The highest BCUT2D eigenvalue weighted by Gasteiger charge is 2.17. The van der Waals surface area contributed by atoms with Gasteiger partial charge in [-0.1, -0.05) is 24.3 Å². The lowest BCUT2D eigenvalue weighted by Gasteiger charge is -2.12. The van der Waals surface area contributed by atoms with Crippen molar-refractivity contribution in [2.24, 2.45) is 0 Å². The van der Waals surface area contributed by atoms with Crippen LogP contribution in [0.1, 0.15) is 23.2 Å². The predicted octanol–water partition coefficient (Wildman–Crippen LogP) is 1.97. The zero-order valence-electron chi connectivity index (χ0n) is 13.7. The van der Waals surface area contributed by atoms with E-state index in [1.165, 1.54) is 18.2 Å². The van der Waals surface area contributed by atoms with Crippen molar-refractivity contribution in [2.45, 2.75) is 23.8 Å². The fourth-order valence-electron chi connectivity index (χ4n) is 2.79. The van der Waals surface area contributed by atoms with Gasteiger partial charge in [-0.3, -0.25) is 9.52 Å². The summed E-state index contributed by atoms with van der Waals surface area (Å²) in [7, 11) is -3.67. The van der Waals surface area contributed by atoms with E-state index in [1.807, 2.05) is 0 Å². The molecule has 1 aliphatic rings. The number of amides is 1. The van der Waals surface area contributed by atoms with Crippen LogP contribution in [0, 0.1) is 0 Å². The molecule has 0 saturated carbocycles. The average molecular weight is 359 g/mol. The van der Waals surface area contributed by atoms with Gasteiger partial charge in [-0.15, -0.1) is 0 Å². The molecule has 25 heavy (non-hydrogen) atoms. The van der Waals surface area contributed by atoms with E-state index in [1.54, 1.807) is 36.4 Å². The summed E-state index contributed by atoms with van der Waals surface area (Å²) in [6.45, 7) is 1.55. The molecular weight excluding hydrogens is 338 g/mol. The molecule has 0 aromatic heterocycles. The van der Waals surface area contributed by atoms with Crippen LogP contribution in [0.3, 0.4) is 0 Å². The minimum atomic E-state index is -3.67. The standard InChI is InChI=1S/C18H21N3O3S/c22-18(20-13-16-8-5-11-19-16)14-6-4-7-15(12-14)21-25(23,24)17-9-2-1-3-10-17/h1-4,6-7,9-10,12,16,19,21H,5,8,11,13H2,(H,20,22).